The highest BCUT2D eigenvalue weighted by Crippen LogP contribution is 2.30. The first-order chi connectivity index (χ1) is 8.56. The highest BCUT2D eigenvalue weighted by Gasteiger charge is 2.07. The van der Waals surface area contributed by atoms with Gasteiger partial charge in [-0.15, -0.1) is 11.3 Å². The number of aromatic nitrogens is 1. The van der Waals surface area contributed by atoms with Gasteiger partial charge in [-0.3, -0.25) is 0 Å². The summed E-state index contributed by atoms with van der Waals surface area (Å²) in [5.74, 6) is 0. The summed E-state index contributed by atoms with van der Waals surface area (Å²) in [6, 6.07) is 6.04. The van der Waals surface area contributed by atoms with Crippen LogP contribution in [0.25, 0.3) is 10.6 Å². The number of halogens is 2. The third-order valence-corrected chi connectivity index (χ3v) is 4.09. The van der Waals surface area contributed by atoms with Crippen LogP contribution in [-0.2, 0) is 6.54 Å². The number of rotatable bonds is 4. The van der Waals surface area contributed by atoms with Crippen molar-refractivity contribution >= 4 is 34.5 Å². The normalized spacial score (nSPS) is 11.2. The lowest BCUT2D eigenvalue weighted by molar-refractivity contribution is 0.583. The van der Waals surface area contributed by atoms with E-state index in [1.807, 2.05) is 12.1 Å². The Labute approximate surface area is 121 Å². The van der Waals surface area contributed by atoms with Crippen LogP contribution >= 0.6 is 34.5 Å². The minimum atomic E-state index is 0.458. The molecular formula is C13H14Cl2N2S. The fraction of sp³-hybridized carbons (Fsp3) is 0.308. The molecule has 2 aromatic rings. The quantitative estimate of drug-likeness (QED) is 0.891. The topological polar surface area (TPSA) is 24.9 Å². The third-order valence-electron chi connectivity index (χ3n) is 2.41. The van der Waals surface area contributed by atoms with Crippen LogP contribution < -0.4 is 5.32 Å². The summed E-state index contributed by atoms with van der Waals surface area (Å²) in [7, 11) is 0. The number of hydrogen-bond donors (Lipinski definition) is 1. The molecule has 1 heterocycles. The van der Waals surface area contributed by atoms with Crippen LogP contribution in [0.2, 0.25) is 10.0 Å². The summed E-state index contributed by atoms with van der Waals surface area (Å²) < 4.78 is 0. The molecule has 2 rings (SSSR count). The van der Waals surface area contributed by atoms with Crippen molar-refractivity contribution in [2.45, 2.75) is 26.4 Å². The van der Waals surface area contributed by atoms with Crippen LogP contribution in [0.5, 0.6) is 0 Å². The zero-order chi connectivity index (χ0) is 13.1. The molecule has 18 heavy (non-hydrogen) atoms. The van der Waals surface area contributed by atoms with Crippen molar-refractivity contribution in [3.05, 3.63) is 39.3 Å². The van der Waals surface area contributed by atoms with E-state index >= 15 is 0 Å². The van der Waals surface area contributed by atoms with E-state index in [0.29, 0.717) is 16.1 Å². The van der Waals surface area contributed by atoms with Crippen molar-refractivity contribution in [2.75, 3.05) is 0 Å². The van der Waals surface area contributed by atoms with Crippen LogP contribution in [0.4, 0.5) is 0 Å². The molecule has 0 unspecified atom stereocenters. The minimum absolute atomic E-state index is 0.458. The maximum Gasteiger partial charge on any atom is 0.123 e. The minimum Gasteiger partial charge on any atom is -0.309 e. The van der Waals surface area contributed by atoms with E-state index in [-0.39, 0.29) is 0 Å². The number of benzene rings is 1. The van der Waals surface area contributed by atoms with Crippen molar-refractivity contribution in [1.29, 1.82) is 0 Å². The Balaban J connectivity index is 2.16. The molecule has 0 saturated heterocycles. The Hall–Kier alpha value is -0.610. The van der Waals surface area contributed by atoms with Gasteiger partial charge in [0.25, 0.3) is 0 Å². The second kappa shape index (κ2) is 6.02. The zero-order valence-corrected chi connectivity index (χ0v) is 12.5. The van der Waals surface area contributed by atoms with E-state index in [1.165, 1.54) is 0 Å². The molecule has 5 heteroatoms. The van der Waals surface area contributed by atoms with Gasteiger partial charge in [-0.1, -0.05) is 43.1 Å². The lowest BCUT2D eigenvalue weighted by Crippen LogP contribution is -2.21. The summed E-state index contributed by atoms with van der Waals surface area (Å²) >= 11 is 13.5. The van der Waals surface area contributed by atoms with E-state index in [1.54, 1.807) is 17.4 Å². The van der Waals surface area contributed by atoms with E-state index < -0.39 is 0 Å². The first-order valence-electron chi connectivity index (χ1n) is 5.69. The molecule has 0 saturated carbocycles. The molecule has 0 radical (unpaired) electrons. The van der Waals surface area contributed by atoms with Crippen LogP contribution in [0.1, 0.15) is 19.5 Å². The number of nitrogens with one attached hydrogen (secondary N) is 1. The molecule has 0 aliphatic rings. The van der Waals surface area contributed by atoms with Gasteiger partial charge in [-0.25, -0.2) is 4.98 Å². The van der Waals surface area contributed by atoms with Crippen molar-refractivity contribution in [3.63, 3.8) is 0 Å². The molecule has 0 spiro atoms. The predicted octanol–water partition coefficient (Wildman–Crippen LogP) is 4.61. The van der Waals surface area contributed by atoms with Crippen LogP contribution in [0.3, 0.4) is 0 Å². The summed E-state index contributed by atoms with van der Waals surface area (Å²) in [4.78, 5) is 4.58. The van der Waals surface area contributed by atoms with E-state index in [9.17, 15) is 0 Å². The first kappa shape index (κ1) is 13.8. The molecular weight excluding hydrogens is 287 g/mol. The molecule has 0 aliphatic carbocycles. The number of thiazole rings is 1. The second-order valence-electron chi connectivity index (χ2n) is 4.31. The fourth-order valence-corrected chi connectivity index (χ4v) is 2.57. The van der Waals surface area contributed by atoms with Gasteiger partial charge in [-0.2, -0.15) is 0 Å². The molecule has 0 aliphatic heterocycles. The Morgan fingerprint density at radius 1 is 1.28 bits per heavy atom. The lowest BCUT2D eigenvalue weighted by atomic mass is 10.2. The molecule has 1 N–H and O–H groups in total. The van der Waals surface area contributed by atoms with Crippen molar-refractivity contribution in [2.24, 2.45) is 0 Å². The van der Waals surface area contributed by atoms with Gasteiger partial charge in [0.15, 0.2) is 0 Å². The van der Waals surface area contributed by atoms with Crippen LogP contribution in [0.15, 0.2) is 23.6 Å². The standard InChI is InChI=1S/C13H14Cl2N2S/c1-8(2)16-6-10-7-18-13(17-10)9-3-4-11(14)12(15)5-9/h3-5,7-8,16H,6H2,1-2H3. The Bertz CT molecular complexity index is 538. The molecule has 0 amide bonds. The summed E-state index contributed by atoms with van der Waals surface area (Å²) in [5, 5.41) is 7.50. The Kier molecular flexibility index (Phi) is 4.62. The highest BCUT2D eigenvalue weighted by molar-refractivity contribution is 7.13. The smallest absolute Gasteiger partial charge is 0.123 e. The summed E-state index contributed by atoms with van der Waals surface area (Å²) in [6.07, 6.45) is 0. The largest absolute Gasteiger partial charge is 0.309 e. The van der Waals surface area contributed by atoms with Gasteiger partial charge in [0.05, 0.1) is 15.7 Å². The van der Waals surface area contributed by atoms with Gasteiger partial charge in [-0.05, 0) is 12.1 Å². The number of nitrogens with zero attached hydrogens (tertiary/aromatic N) is 1. The maximum absolute atomic E-state index is 6.01. The van der Waals surface area contributed by atoms with E-state index in [2.05, 4.69) is 29.5 Å². The molecule has 96 valence electrons. The predicted molar refractivity (Wildman–Crippen MR) is 79.5 cm³/mol. The van der Waals surface area contributed by atoms with Gasteiger partial charge >= 0.3 is 0 Å². The average molecular weight is 301 g/mol. The van der Waals surface area contributed by atoms with Crippen molar-refractivity contribution in [1.82, 2.24) is 10.3 Å². The van der Waals surface area contributed by atoms with Crippen LogP contribution in [-0.4, -0.2) is 11.0 Å². The fourth-order valence-electron chi connectivity index (χ4n) is 1.46. The highest BCUT2D eigenvalue weighted by atomic mass is 35.5. The molecule has 0 atom stereocenters. The van der Waals surface area contributed by atoms with E-state index in [0.717, 1.165) is 22.8 Å². The van der Waals surface area contributed by atoms with Crippen LogP contribution in [0, 0.1) is 0 Å². The molecule has 2 nitrogen and oxygen atoms in total. The first-order valence-corrected chi connectivity index (χ1v) is 7.33. The van der Waals surface area contributed by atoms with Gasteiger partial charge in [0.1, 0.15) is 5.01 Å². The molecule has 1 aromatic carbocycles. The number of hydrogen-bond acceptors (Lipinski definition) is 3. The van der Waals surface area contributed by atoms with Gasteiger partial charge in [0, 0.05) is 23.5 Å². The molecule has 0 bridgehead atoms. The van der Waals surface area contributed by atoms with Crippen molar-refractivity contribution in [3.8, 4) is 10.6 Å². The Morgan fingerprint density at radius 3 is 2.72 bits per heavy atom. The third kappa shape index (κ3) is 3.45. The van der Waals surface area contributed by atoms with E-state index in [4.69, 9.17) is 23.2 Å². The monoisotopic (exact) mass is 300 g/mol. The van der Waals surface area contributed by atoms with Gasteiger partial charge in [0.2, 0.25) is 0 Å². The summed E-state index contributed by atoms with van der Waals surface area (Å²) in [5.41, 5.74) is 2.06. The lowest BCUT2D eigenvalue weighted by Gasteiger charge is -2.04. The second-order valence-corrected chi connectivity index (χ2v) is 5.98. The zero-order valence-electron chi connectivity index (χ0n) is 10.2. The van der Waals surface area contributed by atoms with Gasteiger partial charge < -0.3 is 5.32 Å². The Morgan fingerprint density at radius 2 is 2.06 bits per heavy atom. The molecule has 1 aromatic heterocycles. The molecule has 0 fully saturated rings. The average Bonchev–Trinajstić information content (AvgIpc) is 2.79. The van der Waals surface area contributed by atoms with Crippen molar-refractivity contribution < 1.29 is 0 Å². The SMILES string of the molecule is CC(C)NCc1csc(-c2ccc(Cl)c(Cl)c2)n1. The maximum atomic E-state index is 6.01. The summed E-state index contributed by atoms with van der Waals surface area (Å²) in [6.45, 7) is 5.02.